The zero-order valence-corrected chi connectivity index (χ0v) is 21.0. The number of pyridine rings is 1. The molecule has 1 aliphatic rings. The van der Waals surface area contributed by atoms with Crippen molar-refractivity contribution in [3.63, 3.8) is 0 Å². The lowest BCUT2D eigenvalue weighted by Crippen LogP contribution is -2.39. The van der Waals surface area contributed by atoms with Crippen LogP contribution in [0.4, 0.5) is 35.2 Å². The first-order valence-corrected chi connectivity index (χ1v) is 12.5. The Bertz CT molecular complexity index is 1270. The molecule has 2 radical (unpaired) electrons. The van der Waals surface area contributed by atoms with E-state index in [4.69, 9.17) is 7.85 Å². The number of aryl methyl sites for hydroxylation is 1. The Morgan fingerprint density at radius 2 is 1.84 bits per heavy atom. The van der Waals surface area contributed by atoms with Crippen LogP contribution in [0.2, 0.25) is 0 Å². The smallest absolute Gasteiger partial charge is 0.372 e. The van der Waals surface area contributed by atoms with Crippen LogP contribution in [0.15, 0.2) is 36.5 Å². The van der Waals surface area contributed by atoms with E-state index in [1.54, 1.807) is 19.2 Å². The number of urea groups is 1. The molecule has 3 aromatic rings. The number of nitrogens with zero attached hydrogens (tertiary/aromatic N) is 3. The second-order valence-electron chi connectivity index (χ2n) is 9.90. The number of alkyl halides is 3. The van der Waals surface area contributed by atoms with Gasteiger partial charge >= 0.3 is 12.2 Å². The molecule has 1 saturated carbocycles. The number of carbonyl (C=O) groups is 1. The van der Waals surface area contributed by atoms with Crippen molar-refractivity contribution < 1.29 is 18.0 Å². The first-order valence-electron chi connectivity index (χ1n) is 12.5. The number of hydrogen-bond donors (Lipinski definition) is 3. The molecule has 1 fully saturated rings. The van der Waals surface area contributed by atoms with Crippen molar-refractivity contribution in [1.29, 1.82) is 0 Å². The van der Waals surface area contributed by atoms with Crippen molar-refractivity contribution in [2.45, 2.75) is 70.4 Å². The van der Waals surface area contributed by atoms with Crippen molar-refractivity contribution in [1.82, 2.24) is 15.0 Å². The Labute approximate surface area is 215 Å². The monoisotopic (exact) mass is 510 g/mol. The number of fused-ring (bicyclic) bond motifs is 1. The van der Waals surface area contributed by atoms with Gasteiger partial charge < -0.3 is 16.0 Å². The zero-order chi connectivity index (χ0) is 26.6. The van der Waals surface area contributed by atoms with Gasteiger partial charge in [0.15, 0.2) is 5.65 Å². The van der Waals surface area contributed by atoms with Crippen LogP contribution in [0.1, 0.15) is 63.1 Å². The molecule has 11 heteroatoms. The van der Waals surface area contributed by atoms with Gasteiger partial charge in [-0.2, -0.15) is 13.2 Å². The molecule has 0 bridgehead atoms. The van der Waals surface area contributed by atoms with Gasteiger partial charge in [0.25, 0.3) is 0 Å². The third kappa shape index (κ3) is 7.11. The number of anilines is 3. The van der Waals surface area contributed by atoms with Gasteiger partial charge in [-0.15, -0.1) is 0 Å². The number of benzene rings is 1. The van der Waals surface area contributed by atoms with E-state index in [0.717, 1.165) is 50.7 Å². The minimum Gasteiger partial charge on any atom is -0.372 e. The zero-order valence-electron chi connectivity index (χ0n) is 21.0. The summed E-state index contributed by atoms with van der Waals surface area (Å²) in [5.74, 6) is 1.25. The van der Waals surface area contributed by atoms with E-state index in [0.29, 0.717) is 34.3 Å². The number of aromatic nitrogens is 3. The fraction of sp³-hybridized carbons (Fsp3) is 0.462. The molecule has 2 aromatic heterocycles. The summed E-state index contributed by atoms with van der Waals surface area (Å²) in [6.07, 6.45) is 4.40. The summed E-state index contributed by atoms with van der Waals surface area (Å²) in [6, 6.07) is 5.34. The van der Waals surface area contributed by atoms with Gasteiger partial charge in [0.05, 0.1) is 23.1 Å². The maximum Gasteiger partial charge on any atom is 0.416 e. The van der Waals surface area contributed by atoms with Crippen molar-refractivity contribution in [3.05, 3.63) is 47.8 Å². The minimum absolute atomic E-state index is 0.0179. The largest absolute Gasteiger partial charge is 0.416 e. The molecule has 194 valence electrons. The van der Waals surface area contributed by atoms with Gasteiger partial charge in [0.1, 0.15) is 19.2 Å². The second kappa shape index (κ2) is 10.9. The summed E-state index contributed by atoms with van der Waals surface area (Å²) in [6.45, 7) is 3.99. The Hall–Kier alpha value is -3.37. The lowest BCUT2D eigenvalue weighted by Gasteiger charge is -2.32. The Balaban J connectivity index is 1.46. The van der Waals surface area contributed by atoms with Crippen molar-refractivity contribution >= 4 is 42.2 Å². The SMILES string of the molecule is [B]C1(Nc2cnc3cc(NC(=O)Nc4cccc(C(F)(F)F)c4)c(C)nc3n2)CCCCC(C)CCC1. The predicted octanol–water partition coefficient (Wildman–Crippen LogP) is 6.65. The van der Waals surface area contributed by atoms with Gasteiger partial charge in [0.2, 0.25) is 0 Å². The number of hydrogen-bond acceptors (Lipinski definition) is 5. The van der Waals surface area contributed by atoms with E-state index in [9.17, 15) is 18.0 Å². The summed E-state index contributed by atoms with van der Waals surface area (Å²) < 4.78 is 38.8. The highest BCUT2D eigenvalue weighted by Crippen LogP contribution is 2.31. The first kappa shape index (κ1) is 26.7. The van der Waals surface area contributed by atoms with E-state index >= 15 is 0 Å². The lowest BCUT2D eigenvalue weighted by atomic mass is 9.70. The molecule has 2 heterocycles. The quantitative estimate of drug-likeness (QED) is 0.342. The third-order valence-electron chi connectivity index (χ3n) is 6.69. The van der Waals surface area contributed by atoms with Crippen LogP contribution < -0.4 is 16.0 Å². The molecule has 2 unspecified atom stereocenters. The Morgan fingerprint density at radius 3 is 2.62 bits per heavy atom. The van der Waals surface area contributed by atoms with E-state index in [1.165, 1.54) is 18.6 Å². The minimum atomic E-state index is -4.50. The molecule has 0 saturated heterocycles. The summed E-state index contributed by atoms with van der Waals surface area (Å²) in [7, 11) is 6.71. The van der Waals surface area contributed by atoms with Gasteiger partial charge in [-0.3, -0.25) is 0 Å². The van der Waals surface area contributed by atoms with Crippen LogP contribution in [-0.2, 0) is 6.18 Å². The molecule has 1 aliphatic carbocycles. The van der Waals surface area contributed by atoms with Crippen LogP contribution in [-0.4, -0.2) is 34.3 Å². The number of rotatable bonds is 4. The summed E-state index contributed by atoms with van der Waals surface area (Å²) in [4.78, 5) is 26.0. The highest BCUT2D eigenvalue weighted by atomic mass is 19.4. The molecule has 0 aliphatic heterocycles. The van der Waals surface area contributed by atoms with Crippen molar-refractivity contribution in [2.24, 2.45) is 5.92 Å². The number of amides is 2. The van der Waals surface area contributed by atoms with Gasteiger partial charge in [-0.25, -0.2) is 19.7 Å². The predicted molar refractivity (Wildman–Crippen MR) is 140 cm³/mol. The Kier molecular flexibility index (Phi) is 7.89. The third-order valence-corrected chi connectivity index (χ3v) is 6.69. The number of carbonyl (C=O) groups excluding carboxylic acids is 1. The van der Waals surface area contributed by atoms with E-state index in [2.05, 4.69) is 37.8 Å². The topological polar surface area (TPSA) is 91.8 Å². The first-order chi connectivity index (χ1) is 17.5. The molecular weight excluding hydrogens is 480 g/mol. The Morgan fingerprint density at radius 1 is 1.08 bits per heavy atom. The van der Waals surface area contributed by atoms with Gasteiger partial charge in [-0.05, 0) is 55.4 Å². The molecule has 1 aromatic carbocycles. The fourth-order valence-electron chi connectivity index (χ4n) is 4.63. The van der Waals surface area contributed by atoms with Crippen molar-refractivity contribution in [3.8, 4) is 0 Å². The summed E-state index contributed by atoms with van der Waals surface area (Å²) >= 11 is 0. The molecule has 2 atom stereocenters. The normalized spacial score (nSPS) is 20.9. The van der Waals surface area contributed by atoms with Crippen LogP contribution in [0, 0.1) is 12.8 Å². The average molecular weight is 510 g/mol. The standard InChI is InChI=1S/C26H30BF3N6O/c1-16-7-3-4-11-25(27,12-6-8-16)36-22-15-31-21-14-20(17(2)32-23(21)35-22)34-24(37)33-19-10-5-9-18(13-19)26(28,29)30/h5,9-10,13-16H,3-4,6-8,11-12H2,1-2H3,(H,32,35,36)(H2,33,34,37). The average Bonchev–Trinajstić information content (AvgIpc) is 2.89. The molecule has 2 amide bonds. The fourth-order valence-corrected chi connectivity index (χ4v) is 4.63. The number of halogens is 3. The van der Waals surface area contributed by atoms with E-state index in [-0.39, 0.29) is 5.69 Å². The van der Waals surface area contributed by atoms with Crippen molar-refractivity contribution in [2.75, 3.05) is 16.0 Å². The molecule has 4 rings (SSSR count). The summed E-state index contributed by atoms with van der Waals surface area (Å²) in [5, 5.41) is 8.41. The maximum absolute atomic E-state index is 12.9. The highest BCUT2D eigenvalue weighted by molar-refractivity contribution is 6.17. The molecule has 0 spiro atoms. The molecule has 3 N–H and O–H groups in total. The van der Waals surface area contributed by atoms with Crippen LogP contribution in [0.25, 0.3) is 11.2 Å². The highest BCUT2D eigenvalue weighted by Gasteiger charge is 2.30. The molecular formula is C26H30BF3N6O. The maximum atomic E-state index is 12.9. The number of nitrogens with one attached hydrogen (secondary N) is 3. The summed E-state index contributed by atoms with van der Waals surface area (Å²) in [5.41, 5.74) is 0.308. The van der Waals surface area contributed by atoms with Gasteiger partial charge in [0, 0.05) is 5.69 Å². The lowest BCUT2D eigenvalue weighted by molar-refractivity contribution is -0.137. The van der Waals surface area contributed by atoms with E-state index < -0.39 is 23.2 Å². The van der Waals surface area contributed by atoms with Gasteiger partial charge in [-0.1, -0.05) is 45.1 Å². The van der Waals surface area contributed by atoms with Crippen LogP contribution >= 0.6 is 0 Å². The second-order valence-corrected chi connectivity index (χ2v) is 9.90. The molecule has 7 nitrogen and oxygen atoms in total. The molecule has 37 heavy (non-hydrogen) atoms. The van der Waals surface area contributed by atoms with Crippen LogP contribution in [0.3, 0.4) is 0 Å². The van der Waals surface area contributed by atoms with E-state index in [1.807, 2.05) is 0 Å². The van der Waals surface area contributed by atoms with Crippen LogP contribution in [0.5, 0.6) is 0 Å².